The largest absolute Gasteiger partial charge is 0.394 e. The van der Waals surface area contributed by atoms with Crippen molar-refractivity contribution in [2.75, 3.05) is 0 Å². The van der Waals surface area contributed by atoms with Crippen molar-refractivity contribution in [2.45, 2.75) is 59.9 Å². The Labute approximate surface area is 172 Å². The molecule has 0 saturated carbocycles. The van der Waals surface area contributed by atoms with Gasteiger partial charge in [0.15, 0.2) is 0 Å². The first kappa shape index (κ1) is 27.1. The van der Waals surface area contributed by atoms with Crippen LogP contribution in [0.25, 0.3) is 21.5 Å². The Morgan fingerprint density at radius 3 is 1.08 bits per heavy atom. The summed E-state index contributed by atoms with van der Waals surface area (Å²) in [5, 5.41) is 29.6. The first-order valence-corrected chi connectivity index (χ1v) is 8.72. The summed E-state index contributed by atoms with van der Waals surface area (Å²) in [6.45, 7) is 10.3. The van der Waals surface area contributed by atoms with Crippen LogP contribution in [-0.2, 0) is 21.7 Å². The maximum Gasteiger partial charge on any atom is 0.0483 e. The van der Waals surface area contributed by atoms with E-state index in [1.807, 2.05) is 0 Å². The summed E-state index contributed by atoms with van der Waals surface area (Å²) in [4.78, 5) is 0. The third-order valence-electron chi connectivity index (χ3n) is 2.52. The summed E-state index contributed by atoms with van der Waals surface area (Å²) in [5.41, 5.74) is 0. The molecule has 144 valence electrons. The standard InChI is InChI=1S/C13H9.3C3H8O.Ti/c1-3-7-12-10(5-1)9-11-6-2-4-8-13(11)12;3*1-3(2)4;/h1-9H;3*3-4H,1-2H3;/q-1;;;;. The molecule has 0 atom stereocenters. The molecule has 0 amide bonds. The predicted molar refractivity (Wildman–Crippen MR) is 109 cm³/mol. The Morgan fingerprint density at radius 2 is 0.808 bits per heavy atom. The van der Waals surface area contributed by atoms with Crippen LogP contribution >= 0.6 is 0 Å². The monoisotopic (exact) mass is 393 g/mol. The molecule has 3 rings (SSSR count). The molecule has 0 bridgehead atoms. The van der Waals surface area contributed by atoms with E-state index >= 15 is 0 Å². The van der Waals surface area contributed by atoms with E-state index in [0.29, 0.717) is 0 Å². The van der Waals surface area contributed by atoms with Gasteiger partial charge in [0.05, 0.1) is 0 Å². The molecule has 0 fully saturated rings. The molecule has 26 heavy (non-hydrogen) atoms. The summed E-state index contributed by atoms with van der Waals surface area (Å²) < 4.78 is 0. The second-order valence-electron chi connectivity index (χ2n) is 6.60. The molecule has 0 aliphatic rings. The number of aliphatic hydroxyl groups excluding tert-OH is 3. The van der Waals surface area contributed by atoms with Crippen LogP contribution in [0.2, 0.25) is 0 Å². The molecule has 3 nitrogen and oxygen atoms in total. The average molecular weight is 393 g/mol. The molecular formula is C22H33O3Ti-. The second-order valence-corrected chi connectivity index (χ2v) is 6.60. The van der Waals surface area contributed by atoms with Crippen LogP contribution in [0, 0.1) is 0 Å². The number of rotatable bonds is 0. The van der Waals surface area contributed by atoms with Gasteiger partial charge in [-0.05, 0) is 41.5 Å². The van der Waals surface area contributed by atoms with Crippen LogP contribution in [-0.4, -0.2) is 33.6 Å². The van der Waals surface area contributed by atoms with Crippen LogP contribution in [0.1, 0.15) is 41.5 Å². The van der Waals surface area contributed by atoms with Crippen molar-refractivity contribution in [3.05, 3.63) is 54.6 Å². The van der Waals surface area contributed by atoms with Gasteiger partial charge in [0, 0.05) is 40.0 Å². The van der Waals surface area contributed by atoms with Gasteiger partial charge in [-0.3, -0.25) is 0 Å². The van der Waals surface area contributed by atoms with Crippen LogP contribution < -0.4 is 0 Å². The van der Waals surface area contributed by atoms with E-state index in [-0.39, 0.29) is 40.0 Å². The zero-order valence-electron chi connectivity index (χ0n) is 16.8. The van der Waals surface area contributed by atoms with Gasteiger partial charge in [0.25, 0.3) is 0 Å². The summed E-state index contributed by atoms with van der Waals surface area (Å²) in [6, 6.07) is 19.3. The summed E-state index contributed by atoms with van der Waals surface area (Å²) in [6.07, 6.45) is -0.500. The van der Waals surface area contributed by atoms with Gasteiger partial charge in [-0.15, -0.1) is 39.7 Å². The van der Waals surface area contributed by atoms with E-state index in [9.17, 15) is 0 Å². The van der Waals surface area contributed by atoms with E-state index in [4.69, 9.17) is 15.3 Å². The number of fused-ring (bicyclic) bond motifs is 3. The first-order chi connectivity index (χ1) is 11.6. The van der Waals surface area contributed by atoms with Gasteiger partial charge < -0.3 is 15.3 Å². The van der Waals surface area contributed by atoms with E-state index < -0.39 is 0 Å². The normalized spacial score (nSPS) is 9.69. The molecule has 3 N–H and O–H groups in total. The topological polar surface area (TPSA) is 60.7 Å². The Hall–Kier alpha value is -1.10. The van der Waals surface area contributed by atoms with Crippen molar-refractivity contribution in [3.63, 3.8) is 0 Å². The Bertz CT molecular complexity index is 630. The fourth-order valence-electron chi connectivity index (χ4n) is 1.90. The predicted octanol–water partition coefficient (Wildman–Crippen LogP) is 4.87. The van der Waals surface area contributed by atoms with Crippen molar-refractivity contribution in [1.29, 1.82) is 0 Å². The van der Waals surface area contributed by atoms with Crippen LogP contribution in [0.4, 0.5) is 0 Å². The molecule has 0 spiro atoms. The van der Waals surface area contributed by atoms with Gasteiger partial charge in [0.1, 0.15) is 0 Å². The van der Waals surface area contributed by atoms with Crippen molar-refractivity contribution in [2.24, 2.45) is 0 Å². The molecule has 0 aliphatic carbocycles. The van der Waals surface area contributed by atoms with Gasteiger partial charge >= 0.3 is 0 Å². The third kappa shape index (κ3) is 13.2. The number of hydrogen-bond acceptors (Lipinski definition) is 3. The molecule has 0 radical (unpaired) electrons. The van der Waals surface area contributed by atoms with Gasteiger partial charge in [-0.25, -0.2) is 0 Å². The fraction of sp³-hybridized carbons (Fsp3) is 0.409. The van der Waals surface area contributed by atoms with Gasteiger partial charge in [-0.2, -0.15) is 0 Å². The zero-order valence-corrected chi connectivity index (χ0v) is 18.3. The summed E-state index contributed by atoms with van der Waals surface area (Å²) in [7, 11) is 0. The van der Waals surface area contributed by atoms with E-state index in [1.165, 1.54) is 21.5 Å². The summed E-state index contributed by atoms with van der Waals surface area (Å²) in [5.74, 6) is 0. The number of aliphatic hydroxyl groups is 3. The van der Waals surface area contributed by atoms with Crippen LogP contribution in [0.15, 0.2) is 54.6 Å². The SMILES string of the molecule is CC(C)O.CC(C)O.CC(C)O.[Ti].c1ccc2c(c1)[cH-]c1ccccc12. The van der Waals surface area contributed by atoms with Gasteiger partial charge in [-0.1, -0.05) is 36.4 Å². The van der Waals surface area contributed by atoms with Crippen molar-refractivity contribution in [3.8, 4) is 0 Å². The van der Waals surface area contributed by atoms with Crippen molar-refractivity contribution < 1.29 is 37.0 Å². The van der Waals surface area contributed by atoms with Crippen molar-refractivity contribution >= 4 is 21.5 Å². The Morgan fingerprint density at radius 1 is 0.577 bits per heavy atom. The van der Waals surface area contributed by atoms with Crippen LogP contribution in [0.3, 0.4) is 0 Å². The maximum atomic E-state index is 8.06. The Balaban J connectivity index is 0. The number of hydrogen-bond donors (Lipinski definition) is 3. The van der Waals surface area contributed by atoms with Crippen molar-refractivity contribution in [1.82, 2.24) is 0 Å². The molecule has 3 aromatic carbocycles. The molecule has 0 unspecified atom stereocenters. The minimum atomic E-state index is -0.167. The summed E-state index contributed by atoms with van der Waals surface area (Å²) >= 11 is 0. The second kappa shape index (κ2) is 15.0. The minimum absolute atomic E-state index is 0. The smallest absolute Gasteiger partial charge is 0.0483 e. The Kier molecular flexibility index (Phi) is 15.7. The molecule has 0 heterocycles. The molecule has 0 saturated heterocycles. The first-order valence-electron chi connectivity index (χ1n) is 8.72. The van der Waals surface area contributed by atoms with Crippen LogP contribution in [0.5, 0.6) is 0 Å². The van der Waals surface area contributed by atoms with E-state index in [2.05, 4.69) is 54.6 Å². The molecule has 0 aliphatic heterocycles. The molecule has 3 aromatic rings. The maximum absolute atomic E-state index is 8.06. The van der Waals surface area contributed by atoms with E-state index in [1.54, 1.807) is 41.5 Å². The molecule has 0 aromatic heterocycles. The molecule has 4 heteroatoms. The number of benzene rings is 2. The fourth-order valence-corrected chi connectivity index (χ4v) is 1.90. The molecular weight excluding hydrogens is 360 g/mol. The van der Waals surface area contributed by atoms with E-state index in [0.717, 1.165) is 0 Å². The zero-order chi connectivity index (χ0) is 19.4. The average Bonchev–Trinajstić information content (AvgIpc) is 2.84. The quantitative estimate of drug-likeness (QED) is 0.377. The third-order valence-corrected chi connectivity index (χ3v) is 2.52. The van der Waals surface area contributed by atoms with Gasteiger partial charge in [0.2, 0.25) is 0 Å². The minimum Gasteiger partial charge on any atom is -0.394 e.